The van der Waals surface area contributed by atoms with E-state index >= 15 is 0 Å². The highest BCUT2D eigenvalue weighted by Gasteiger charge is 2.16. The molecule has 0 unspecified atom stereocenters. The minimum absolute atomic E-state index is 0.311. The molecule has 0 saturated heterocycles. The Morgan fingerprint density at radius 3 is 2.94 bits per heavy atom. The number of anilines is 1. The second-order valence-electron chi connectivity index (χ2n) is 4.03. The van der Waals surface area contributed by atoms with Crippen molar-refractivity contribution in [1.29, 1.82) is 0 Å². The van der Waals surface area contributed by atoms with Gasteiger partial charge in [-0.15, -0.1) is 0 Å². The summed E-state index contributed by atoms with van der Waals surface area (Å²) in [6.45, 7) is 0.444. The maximum Gasteiger partial charge on any atom is 0.334 e. The summed E-state index contributed by atoms with van der Waals surface area (Å²) in [5.41, 5.74) is 8.01. The standard InChI is InChI=1S/C14H15NO3/c1-17-14(16)11-5-6-13(8-11)18-9-10-3-2-4-12(15)7-10/h2-7H,8-9,15H2,1H3. The number of ether oxygens (including phenoxy) is 2. The molecule has 0 bridgehead atoms. The van der Waals surface area contributed by atoms with Gasteiger partial charge in [0.05, 0.1) is 7.11 Å². The first-order valence-corrected chi connectivity index (χ1v) is 5.64. The minimum atomic E-state index is -0.311. The van der Waals surface area contributed by atoms with Gasteiger partial charge in [-0.2, -0.15) is 0 Å². The van der Waals surface area contributed by atoms with Crippen molar-refractivity contribution in [2.75, 3.05) is 12.8 Å². The van der Waals surface area contributed by atoms with Gasteiger partial charge >= 0.3 is 5.97 Å². The first kappa shape index (κ1) is 12.2. The zero-order chi connectivity index (χ0) is 13.0. The van der Waals surface area contributed by atoms with E-state index in [1.54, 1.807) is 12.2 Å². The van der Waals surface area contributed by atoms with Crippen LogP contribution in [0.4, 0.5) is 5.69 Å². The zero-order valence-corrected chi connectivity index (χ0v) is 10.2. The summed E-state index contributed by atoms with van der Waals surface area (Å²) < 4.78 is 10.3. The summed E-state index contributed by atoms with van der Waals surface area (Å²) in [5, 5.41) is 0. The van der Waals surface area contributed by atoms with Crippen molar-refractivity contribution < 1.29 is 14.3 Å². The smallest absolute Gasteiger partial charge is 0.334 e. The number of carbonyl (C=O) groups excluding carboxylic acids is 1. The molecule has 94 valence electrons. The highest BCUT2D eigenvalue weighted by atomic mass is 16.5. The summed E-state index contributed by atoms with van der Waals surface area (Å²) >= 11 is 0. The zero-order valence-electron chi connectivity index (χ0n) is 10.2. The van der Waals surface area contributed by atoms with Gasteiger partial charge in [0.2, 0.25) is 0 Å². The molecule has 0 saturated carbocycles. The Labute approximate surface area is 106 Å². The average molecular weight is 245 g/mol. The van der Waals surface area contributed by atoms with Gasteiger partial charge in [0.15, 0.2) is 0 Å². The normalized spacial score (nSPS) is 13.8. The summed E-state index contributed by atoms with van der Waals surface area (Å²) in [6, 6.07) is 7.52. The van der Waals surface area contributed by atoms with E-state index in [0.29, 0.717) is 24.3 Å². The Morgan fingerprint density at radius 2 is 2.22 bits per heavy atom. The van der Waals surface area contributed by atoms with Gasteiger partial charge in [0.1, 0.15) is 12.4 Å². The highest BCUT2D eigenvalue weighted by molar-refractivity contribution is 5.90. The first-order valence-electron chi connectivity index (χ1n) is 5.64. The van der Waals surface area contributed by atoms with E-state index in [0.717, 1.165) is 11.3 Å². The monoisotopic (exact) mass is 245 g/mol. The van der Waals surface area contributed by atoms with Crippen LogP contribution in [0, 0.1) is 0 Å². The lowest BCUT2D eigenvalue weighted by atomic mass is 10.2. The number of benzene rings is 1. The van der Waals surface area contributed by atoms with E-state index in [9.17, 15) is 4.79 Å². The Bertz CT molecular complexity index is 518. The topological polar surface area (TPSA) is 61.5 Å². The molecule has 2 rings (SSSR count). The van der Waals surface area contributed by atoms with E-state index in [1.165, 1.54) is 7.11 Å². The van der Waals surface area contributed by atoms with Crippen LogP contribution in [-0.2, 0) is 20.9 Å². The van der Waals surface area contributed by atoms with Gasteiger partial charge in [-0.3, -0.25) is 0 Å². The molecule has 4 nitrogen and oxygen atoms in total. The number of hydrogen-bond donors (Lipinski definition) is 1. The van der Waals surface area contributed by atoms with Crippen LogP contribution in [-0.4, -0.2) is 13.1 Å². The largest absolute Gasteiger partial charge is 0.493 e. The van der Waals surface area contributed by atoms with Crippen LogP contribution < -0.4 is 5.73 Å². The Kier molecular flexibility index (Phi) is 3.67. The van der Waals surface area contributed by atoms with Crippen molar-refractivity contribution >= 4 is 11.7 Å². The van der Waals surface area contributed by atoms with Gasteiger partial charge in [0.25, 0.3) is 0 Å². The lowest BCUT2D eigenvalue weighted by Crippen LogP contribution is -2.04. The number of esters is 1. The van der Waals surface area contributed by atoms with Crippen molar-refractivity contribution in [1.82, 2.24) is 0 Å². The van der Waals surface area contributed by atoms with E-state index in [2.05, 4.69) is 4.74 Å². The molecule has 1 aromatic carbocycles. The van der Waals surface area contributed by atoms with Crippen LogP contribution in [0.25, 0.3) is 0 Å². The van der Waals surface area contributed by atoms with Crippen LogP contribution in [0.1, 0.15) is 12.0 Å². The first-order chi connectivity index (χ1) is 8.69. The molecule has 0 spiro atoms. The Morgan fingerprint density at radius 1 is 1.39 bits per heavy atom. The number of methoxy groups -OCH3 is 1. The molecule has 0 aromatic heterocycles. The van der Waals surface area contributed by atoms with E-state index < -0.39 is 0 Å². The van der Waals surface area contributed by atoms with Gasteiger partial charge in [-0.05, 0) is 29.8 Å². The second-order valence-corrected chi connectivity index (χ2v) is 4.03. The molecule has 0 heterocycles. The molecular formula is C14H15NO3. The summed E-state index contributed by atoms with van der Waals surface area (Å²) in [6.07, 6.45) is 3.99. The molecule has 1 aliphatic carbocycles. The Balaban J connectivity index is 1.85. The lowest BCUT2D eigenvalue weighted by Gasteiger charge is -2.08. The van der Waals surface area contributed by atoms with Gasteiger partial charge in [-0.1, -0.05) is 12.1 Å². The highest BCUT2D eigenvalue weighted by Crippen LogP contribution is 2.22. The molecule has 0 amide bonds. The third kappa shape index (κ3) is 2.91. The van der Waals surface area contributed by atoms with Crippen LogP contribution >= 0.6 is 0 Å². The van der Waals surface area contributed by atoms with Crippen LogP contribution in [0.5, 0.6) is 0 Å². The van der Waals surface area contributed by atoms with Crippen molar-refractivity contribution in [3.8, 4) is 0 Å². The number of carbonyl (C=O) groups is 1. The van der Waals surface area contributed by atoms with Crippen LogP contribution in [0.15, 0.2) is 47.7 Å². The third-order valence-electron chi connectivity index (χ3n) is 2.66. The molecule has 1 aromatic rings. The van der Waals surface area contributed by atoms with Crippen molar-refractivity contribution in [3.05, 3.63) is 53.3 Å². The fraction of sp³-hybridized carbons (Fsp3) is 0.214. The maximum atomic E-state index is 11.3. The lowest BCUT2D eigenvalue weighted by molar-refractivity contribution is -0.136. The molecule has 0 aliphatic heterocycles. The average Bonchev–Trinajstić information content (AvgIpc) is 2.84. The number of rotatable bonds is 4. The van der Waals surface area contributed by atoms with Crippen molar-refractivity contribution in [2.24, 2.45) is 0 Å². The molecule has 1 aliphatic rings. The molecule has 0 atom stereocenters. The number of nitrogens with two attached hydrogens (primary N) is 1. The summed E-state index contributed by atoms with van der Waals surface area (Å²) in [4.78, 5) is 11.3. The quantitative estimate of drug-likeness (QED) is 0.652. The van der Waals surface area contributed by atoms with E-state index in [-0.39, 0.29) is 5.97 Å². The molecule has 0 radical (unpaired) electrons. The fourth-order valence-electron chi connectivity index (χ4n) is 1.73. The molecule has 0 fully saturated rings. The SMILES string of the molecule is COC(=O)C1=CC=C(OCc2cccc(N)c2)C1. The predicted molar refractivity (Wildman–Crippen MR) is 68.4 cm³/mol. The van der Waals surface area contributed by atoms with Gasteiger partial charge in [0, 0.05) is 17.7 Å². The Hall–Kier alpha value is -2.23. The third-order valence-corrected chi connectivity index (χ3v) is 2.66. The minimum Gasteiger partial charge on any atom is -0.493 e. The van der Waals surface area contributed by atoms with E-state index in [4.69, 9.17) is 10.5 Å². The number of nitrogen functional groups attached to an aromatic ring is 1. The summed E-state index contributed by atoms with van der Waals surface area (Å²) in [5.74, 6) is 0.451. The molecule has 4 heteroatoms. The van der Waals surface area contributed by atoms with Gasteiger partial charge in [-0.25, -0.2) is 4.79 Å². The molecular weight excluding hydrogens is 230 g/mol. The van der Waals surface area contributed by atoms with Crippen molar-refractivity contribution in [2.45, 2.75) is 13.0 Å². The molecule has 2 N–H and O–H groups in total. The van der Waals surface area contributed by atoms with Crippen molar-refractivity contribution in [3.63, 3.8) is 0 Å². The molecule has 18 heavy (non-hydrogen) atoms. The van der Waals surface area contributed by atoms with E-state index in [1.807, 2.05) is 24.3 Å². The number of hydrogen-bond acceptors (Lipinski definition) is 4. The second kappa shape index (κ2) is 5.40. The van der Waals surface area contributed by atoms with Gasteiger partial charge < -0.3 is 15.2 Å². The van der Waals surface area contributed by atoms with Crippen LogP contribution in [0.2, 0.25) is 0 Å². The predicted octanol–water partition coefficient (Wildman–Crippen LogP) is 2.17. The van der Waals surface area contributed by atoms with Crippen LogP contribution in [0.3, 0.4) is 0 Å². The fourth-order valence-corrected chi connectivity index (χ4v) is 1.73. The number of allylic oxidation sites excluding steroid dienone is 3. The summed E-state index contributed by atoms with van der Waals surface area (Å²) in [7, 11) is 1.37. The maximum absolute atomic E-state index is 11.3.